The van der Waals surface area contributed by atoms with E-state index < -0.39 is 0 Å². The second kappa shape index (κ2) is 5.73. The first-order valence-corrected chi connectivity index (χ1v) is 5.74. The summed E-state index contributed by atoms with van der Waals surface area (Å²) in [5.41, 5.74) is 0. The highest BCUT2D eigenvalue weighted by atomic mass is 16.2. The molecule has 0 unspecified atom stereocenters. The minimum absolute atomic E-state index is 0.0629. The predicted octanol–water partition coefficient (Wildman–Crippen LogP) is 0.771. The Kier molecular flexibility index (Phi) is 4.59. The molecule has 0 aromatic rings. The zero-order chi connectivity index (χ0) is 11.3. The molecule has 0 radical (unpaired) electrons. The fourth-order valence-electron chi connectivity index (χ4n) is 1.69. The summed E-state index contributed by atoms with van der Waals surface area (Å²) in [6, 6.07) is 0. The van der Waals surface area contributed by atoms with Gasteiger partial charge in [-0.3, -0.25) is 9.59 Å². The predicted molar refractivity (Wildman–Crippen MR) is 58.3 cm³/mol. The first kappa shape index (κ1) is 12.0. The SMILES string of the molecule is CCNC(=O)CN(CC)C(=O)C1CCC1. The van der Waals surface area contributed by atoms with Crippen LogP contribution in [0.5, 0.6) is 0 Å². The van der Waals surface area contributed by atoms with Crippen molar-refractivity contribution in [1.29, 1.82) is 0 Å². The molecule has 0 aliphatic heterocycles. The molecule has 4 heteroatoms. The van der Waals surface area contributed by atoms with Gasteiger partial charge in [-0.2, -0.15) is 0 Å². The lowest BCUT2D eigenvalue weighted by Gasteiger charge is -2.30. The van der Waals surface area contributed by atoms with Crippen molar-refractivity contribution in [3.8, 4) is 0 Å². The standard InChI is InChI=1S/C11H20N2O2/c1-3-12-10(14)8-13(4-2)11(15)9-6-5-7-9/h9H,3-8H2,1-2H3,(H,12,14). The number of nitrogens with one attached hydrogen (secondary N) is 1. The van der Waals surface area contributed by atoms with Gasteiger partial charge < -0.3 is 10.2 Å². The van der Waals surface area contributed by atoms with Crippen molar-refractivity contribution in [1.82, 2.24) is 10.2 Å². The number of carbonyl (C=O) groups is 2. The van der Waals surface area contributed by atoms with Crippen LogP contribution in [0, 0.1) is 5.92 Å². The molecule has 1 N–H and O–H groups in total. The lowest BCUT2D eigenvalue weighted by Crippen LogP contribution is -2.44. The summed E-state index contributed by atoms with van der Waals surface area (Å²) < 4.78 is 0. The van der Waals surface area contributed by atoms with Crippen molar-refractivity contribution >= 4 is 11.8 Å². The maximum absolute atomic E-state index is 11.8. The van der Waals surface area contributed by atoms with E-state index in [1.807, 2.05) is 13.8 Å². The Morgan fingerprint density at radius 1 is 1.33 bits per heavy atom. The van der Waals surface area contributed by atoms with E-state index in [-0.39, 0.29) is 24.3 Å². The molecule has 0 atom stereocenters. The maximum atomic E-state index is 11.8. The first-order valence-electron chi connectivity index (χ1n) is 5.74. The molecule has 0 bridgehead atoms. The summed E-state index contributed by atoms with van der Waals surface area (Å²) in [4.78, 5) is 24.8. The monoisotopic (exact) mass is 212 g/mol. The van der Waals surface area contributed by atoms with Gasteiger partial charge in [-0.05, 0) is 26.7 Å². The van der Waals surface area contributed by atoms with Crippen LogP contribution in [0.1, 0.15) is 33.1 Å². The van der Waals surface area contributed by atoms with Crippen molar-refractivity contribution < 1.29 is 9.59 Å². The molecule has 2 amide bonds. The van der Waals surface area contributed by atoms with Gasteiger partial charge in [0.2, 0.25) is 11.8 Å². The van der Waals surface area contributed by atoms with E-state index in [4.69, 9.17) is 0 Å². The molecule has 86 valence electrons. The van der Waals surface area contributed by atoms with Gasteiger partial charge in [0.25, 0.3) is 0 Å². The Bertz CT molecular complexity index is 237. The van der Waals surface area contributed by atoms with Gasteiger partial charge in [-0.1, -0.05) is 6.42 Å². The minimum Gasteiger partial charge on any atom is -0.355 e. The molecule has 0 heterocycles. The zero-order valence-electron chi connectivity index (χ0n) is 9.58. The van der Waals surface area contributed by atoms with Crippen LogP contribution in [0.25, 0.3) is 0 Å². The normalized spacial score (nSPS) is 15.6. The summed E-state index contributed by atoms with van der Waals surface area (Å²) in [6.07, 6.45) is 3.13. The Balaban J connectivity index is 2.40. The molecule has 0 aromatic carbocycles. The average Bonchev–Trinajstić information content (AvgIpc) is 2.11. The van der Waals surface area contributed by atoms with Crippen LogP contribution in [0.4, 0.5) is 0 Å². The number of hydrogen-bond donors (Lipinski definition) is 1. The van der Waals surface area contributed by atoms with Crippen LogP contribution in [-0.4, -0.2) is 36.3 Å². The Morgan fingerprint density at radius 3 is 2.40 bits per heavy atom. The average molecular weight is 212 g/mol. The molecule has 0 aromatic heterocycles. The Hall–Kier alpha value is -1.06. The van der Waals surface area contributed by atoms with Crippen molar-refractivity contribution in [2.45, 2.75) is 33.1 Å². The molecule has 1 aliphatic carbocycles. The highest BCUT2D eigenvalue weighted by Crippen LogP contribution is 2.28. The van der Waals surface area contributed by atoms with Crippen LogP contribution in [-0.2, 0) is 9.59 Å². The maximum Gasteiger partial charge on any atom is 0.239 e. The lowest BCUT2D eigenvalue weighted by atomic mass is 9.84. The lowest BCUT2D eigenvalue weighted by molar-refractivity contribution is -0.141. The van der Waals surface area contributed by atoms with Crippen LogP contribution >= 0.6 is 0 Å². The topological polar surface area (TPSA) is 49.4 Å². The summed E-state index contributed by atoms with van der Waals surface area (Å²) in [5, 5.41) is 2.71. The first-order chi connectivity index (χ1) is 7.19. The summed E-state index contributed by atoms with van der Waals surface area (Å²) in [5.74, 6) is 0.265. The van der Waals surface area contributed by atoms with Gasteiger partial charge in [-0.25, -0.2) is 0 Å². The fourth-order valence-corrected chi connectivity index (χ4v) is 1.69. The van der Waals surface area contributed by atoms with E-state index in [2.05, 4.69) is 5.32 Å². The van der Waals surface area contributed by atoms with E-state index in [0.29, 0.717) is 13.1 Å². The zero-order valence-corrected chi connectivity index (χ0v) is 9.58. The van der Waals surface area contributed by atoms with Crippen LogP contribution in [0.2, 0.25) is 0 Å². The second-order valence-electron chi connectivity index (χ2n) is 3.93. The molecule has 0 saturated heterocycles. The number of amides is 2. The molecule has 1 saturated carbocycles. The summed E-state index contributed by atoms with van der Waals surface area (Å²) >= 11 is 0. The van der Waals surface area contributed by atoms with Crippen LogP contribution in [0.15, 0.2) is 0 Å². The number of carbonyl (C=O) groups excluding carboxylic acids is 2. The van der Waals surface area contributed by atoms with Crippen molar-refractivity contribution in [2.75, 3.05) is 19.6 Å². The number of likely N-dealkylation sites (N-methyl/N-ethyl adjacent to an activating group) is 2. The largest absolute Gasteiger partial charge is 0.355 e. The van der Waals surface area contributed by atoms with E-state index in [9.17, 15) is 9.59 Å². The summed E-state index contributed by atoms with van der Waals surface area (Å²) in [7, 11) is 0. The van der Waals surface area contributed by atoms with Gasteiger partial charge in [-0.15, -0.1) is 0 Å². The number of rotatable bonds is 5. The van der Waals surface area contributed by atoms with Gasteiger partial charge in [0, 0.05) is 19.0 Å². The molecular formula is C11H20N2O2. The molecule has 15 heavy (non-hydrogen) atoms. The minimum atomic E-state index is -0.0629. The highest BCUT2D eigenvalue weighted by molar-refractivity contribution is 5.86. The van der Waals surface area contributed by atoms with Crippen LogP contribution in [0.3, 0.4) is 0 Å². The van der Waals surface area contributed by atoms with Crippen molar-refractivity contribution in [2.24, 2.45) is 5.92 Å². The van der Waals surface area contributed by atoms with E-state index in [0.717, 1.165) is 19.3 Å². The Labute approximate surface area is 91.0 Å². The van der Waals surface area contributed by atoms with Gasteiger partial charge in [0.1, 0.15) is 0 Å². The molecule has 1 rings (SSSR count). The van der Waals surface area contributed by atoms with Gasteiger partial charge in [0.15, 0.2) is 0 Å². The van der Waals surface area contributed by atoms with Gasteiger partial charge in [0.05, 0.1) is 6.54 Å². The van der Waals surface area contributed by atoms with E-state index in [1.165, 1.54) is 0 Å². The number of hydrogen-bond acceptors (Lipinski definition) is 2. The molecule has 1 fully saturated rings. The second-order valence-corrected chi connectivity index (χ2v) is 3.93. The molecular weight excluding hydrogens is 192 g/mol. The van der Waals surface area contributed by atoms with Gasteiger partial charge >= 0.3 is 0 Å². The third-order valence-corrected chi connectivity index (χ3v) is 2.86. The van der Waals surface area contributed by atoms with Crippen molar-refractivity contribution in [3.63, 3.8) is 0 Å². The quantitative estimate of drug-likeness (QED) is 0.732. The summed E-state index contributed by atoms with van der Waals surface area (Å²) in [6.45, 7) is 5.23. The smallest absolute Gasteiger partial charge is 0.239 e. The van der Waals surface area contributed by atoms with E-state index >= 15 is 0 Å². The Morgan fingerprint density at radius 2 is 2.00 bits per heavy atom. The third kappa shape index (κ3) is 3.22. The molecule has 0 spiro atoms. The fraction of sp³-hybridized carbons (Fsp3) is 0.818. The number of nitrogens with zero attached hydrogens (tertiary/aromatic N) is 1. The van der Waals surface area contributed by atoms with Crippen LogP contribution < -0.4 is 5.32 Å². The van der Waals surface area contributed by atoms with Crippen molar-refractivity contribution in [3.05, 3.63) is 0 Å². The molecule has 4 nitrogen and oxygen atoms in total. The van der Waals surface area contributed by atoms with E-state index in [1.54, 1.807) is 4.90 Å². The third-order valence-electron chi connectivity index (χ3n) is 2.86. The highest BCUT2D eigenvalue weighted by Gasteiger charge is 2.29. The molecule has 1 aliphatic rings.